The van der Waals surface area contributed by atoms with Crippen molar-refractivity contribution < 1.29 is 13.2 Å². The van der Waals surface area contributed by atoms with Crippen LogP contribution in [0.2, 0.25) is 0 Å². The molecule has 0 bridgehead atoms. The van der Waals surface area contributed by atoms with E-state index in [1.807, 2.05) is 35.7 Å². The van der Waals surface area contributed by atoms with Gasteiger partial charge >= 0.3 is 0 Å². The highest BCUT2D eigenvalue weighted by atomic mass is 32.2. The van der Waals surface area contributed by atoms with Crippen LogP contribution in [0.15, 0.2) is 45.7 Å². The molecule has 0 saturated carbocycles. The first-order chi connectivity index (χ1) is 14.3. The van der Waals surface area contributed by atoms with Gasteiger partial charge in [0.2, 0.25) is 5.91 Å². The van der Waals surface area contributed by atoms with Gasteiger partial charge in [-0.05, 0) is 12.0 Å². The predicted octanol–water partition coefficient (Wildman–Crippen LogP) is 2.40. The number of hydrogen-bond donors (Lipinski definition) is 0. The Bertz CT molecular complexity index is 1270. The van der Waals surface area contributed by atoms with Gasteiger partial charge in [0.05, 0.1) is 22.6 Å². The van der Waals surface area contributed by atoms with E-state index in [1.165, 1.54) is 32.6 Å². The van der Waals surface area contributed by atoms with Gasteiger partial charge in [0, 0.05) is 31.1 Å². The van der Waals surface area contributed by atoms with Crippen LogP contribution < -0.4 is 5.56 Å². The van der Waals surface area contributed by atoms with Crippen molar-refractivity contribution in [2.45, 2.75) is 17.6 Å². The van der Waals surface area contributed by atoms with E-state index in [0.29, 0.717) is 21.8 Å². The molecular formula is C20H21N3O4S3. The number of thiophene rings is 1. The Hall–Kier alpha value is -2.17. The Balaban J connectivity index is 1.55. The first kappa shape index (κ1) is 21.1. The van der Waals surface area contributed by atoms with Gasteiger partial charge in [-0.3, -0.25) is 14.2 Å². The van der Waals surface area contributed by atoms with Crippen molar-refractivity contribution in [1.82, 2.24) is 14.5 Å². The third-order valence-electron chi connectivity index (χ3n) is 5.33. The predicted molar refractivity (Wildman–Crippen MR) is 121 cm³/mol. The molecular weight excluding hydrogens is 442 g/mol. The molecule has 0 aliphatic carbocycles. The highest BCUT2D eigenvalue weighted by Gasteiger charge is 2.32. The molecule has 1 aromatic carbocycles. The number of carbonyl (C=O) groups excluding carboxylic acids is 1. The molecule has 30 heavy (non-hydrogen) atoms. The van der Waals surface area contributed by atoms with Crippen molar-refractivity contribution >= 4 is 49.1 Å². The fraction of sp³-hybridized carbons (Fsp3) is 0.350. The maximum absolute atomic E-state index is 13.0. The summed E-state index contributed by atoms with van der Waals surface area (Å²) in [6.07, 6.45) is 0.468. The van der Waals surface area contributed by atoms with Crippen LogP contribution in [0.5, 0.6) is 0 Å². The standard InChI is InChI=1S/C20H21N3O4S3/c1-22(14-8-9-30(26,27)12-14)16(24)11-29-20-21-18-17(19(25)23(20)2)15(10-28-18)13-6-4-3-5-7-13/h3-7,10,14H,8-9,11-12H2,1-2H3/t14-/m0/s1. The molecule has 1 fully saturated rings. The Labute approximate surface area is 182 Å². The lowest BCUT2D eigenvalue weighted by Crippen LogP contribution is -2.39. The van der Waals surface area contributed by atoms with Crippen LogP contribution >= 0.6 is 23.1 Å². The van der Waals surface area contributed by atoms with Crippen molar-refractivity contribution in [2.75, 3.05) is 24.3 Å². The van der Waals surface area contributed by atoms with Crippen LogP contribution in [0.25, 0.3) is 21.3 Å². The van der Waals surface area contributed by atoms with Crippen molar-refractivity contribution in [2.24, 2.45) is 7.05 Å². The minimum atomic E-state index is -3.06. The minimum Gasteiger partial charge on any atom is -0.341 e. The van der Waals surface area contributed by atoms with Gasteiger partial charge in [-0.2, -0.15) is 0 Å². The molecule has 1 amide bonds. The molecule has 1 aliphatic rings. The van der Waals surface area contributed by atoms with Gasteiger partial charge in [0.25, 0.3) is 5.56 Å². The molecule has 1 atom stereocenters. The summed E-state index contributed by atoms with van der Waals surface area (Å²) < 4.78 is 24.8. The van der Waals surface area contributed by atoms with Crippen LogP contribution in [-0.4, -0.2) is 59.1 Å². The number of amides is 1. The Morgan fingerprint density at radius 2 is 2.07 bits per heavy atom. The molecule has 1 saturated heterocycles. The third-order valence-corrected chi connectivity index (χ3v) is 8.97. The summed E-state index contributed by atoms with van der Waals surface area (Å²) in [5, 5.41) is 2.98. The van der Waals surface area contributed by atoms with Gasteiger partial charge in [-0.1, -0.05) is 42.1 Å². The molecule has 2 aromatic heterocycles. The lowest BCUT2D eigenvalue weighted by atomic mass is 10.1. The van der Waals surface area contributed by atoms with E-state index in [0.717, 1.165) is 11.1 Å². The van der Waals surface area contributed by atoms with Crippen LogP contribution in [0.3, 0.4) is 0 Å². The number of thioether (sulfide) groups is 1. The average molecular weight is 464 g/mol. The molecule has 0 radical (unpaired) electrons. The lowest BCUT2D eigenvalue weighted by molar-refractivity contribution is -0.128. The van der Waals surface area contributed by atoms with Gasteiger partial charge in [-0.25, -0.2) is 13.4 Å². The highest BCUT2D eigenvalue weighted by molar-refractivity contribution is 7.99. The van der Waals surface area contributed by atoms with Crippen molar-refractivity contribution in [3.05, 3.63) is 46.1 Å². The van der Waals surface area contributed by atoms with E-state index >= 15 is 0 Å². The molecule has 3 aromatic rings. The zero-order chi connectivity index (χ0) is 21.5. The third kappa shape index (κ3) is 4.03. The molecule has 0 unspecified atom stereocenters. The number of benzene rings is 1. The number of carbonyl (C=O) groups is 1. The van der Waals surface area contributed by atoms with Gasteiger partial charge in [0.1, 0.15) is 4.83 Å². The Morgan fingerprint density at radius 1 is 1.33 bits per heavy atom. The van der Waals surface area contributed by atoms with E-state index in [9.17, 15) is 18.0 Å². The second kappa shape index (κ2) is 8.16. The highest BCUT2D eigenvalue weighted by Crippen LogP contribution is 2.32. The van der Waals surface area contributed by atoms with Crippen LogP contribution in [-0.2, 0) is 21.7 Å². The summed E-state index contributed by atoms with van der Waals surface area (Å²) in [4.78, 5) is 32.3. The van der Waals surface area contributed by atoms with E-state index in [4.69, 9.17) is 0 Å². The summed E-state index contributed by atoms with van der Waals surface area (Å²) in [7, 11) is 0.233. The molecule has 0 N–H and O–H groups in total. The Kier molecular flexibility index (Phi) is 5.73. The van der Waals surface area contributed by atoms with Crippen LogP contribution in [0.1, 0.15) is 6.42 Å². The number of rotatable bonds is 5. The molecule has 10 heteroatoms. The molecule has 158 valence electrons. The SMILES string of the molecule is CN(C(=O)CSc1nc2scc(-c3ccccc3)c2c(=O)n1C)[C@H]1CCS(=O)(=O)C1. The van der Waals surface area contributed by atoms with Gasteiger partial charge in [0.15, 0.2) is 15.0 Å². The molecule has 1 aliphatic heterocycles. The first-order valence-electron chi connectivity index (χ1n) is 9.39. The zero-order valence-corrected chi connectivity index (χ0v) is 19.0. The number of aromatic nitrogens is 2. The van der Waals surface area contributed by atoms with E-state index in [-0.39, 0.29) is 34.8 Å². The summed E-state index contributed by atoms with van der Waals surface area (Å²) in [6, 6.07) is 9.42. The number of sulfone groups is 1. The van der Waals surface area contributed by atoms with E-state index in [2.05, 4.69) is 4.98 Å². The molecule has 3 heterocycles. The minimum absolute atomic E-state index is 0.0139. The van der Waals surface area contributed by atoms with Crippen molar-refractivity contribution in [3.8, 4) is 11.1 Å². The van der Waals surface area contributed by atoms with Crippen LogP contribution in [0.4, 0.5) is 0 Å². The first-order valence-corrected chi connectivity index (χ1v) is 13.1. The van der Waals surface area contributed by atoms with E-state index in [1.54, 1.807) is 14.1 Å². The molecule has 0 spiro atoms. The summed E-state index contributed by atoms with van der Waals surface area (Å²) >= 11 is 2.60. The average Bonchev–Trinajstić information content (AvgIpc) is 3.32. The monoisotopic (exact) mass is 463 g/mol. The molecule has 7 nitrogen and oxygen atoms in total. The lowest BCUT2D eigenvalue weighted by Gasteiger charge is -2.23. The normalized spacial score (nSPS) is 18.0. The van der Waals surface area contributed by atoms with Crippen molar-refractivity contribution in [1.29, 1.82) is 0 Å². The molecule has 4 rings (SSSR count). The number of fused-ring (bicyclic) bond motifs is 1. The second-order valence-corrected chi connectivity index (χ2v) is 11.3. The fourth-order valence-corrected chi connectivity index (χ4v) is 7.18. The largest absolute Gasteiger partial charge is 0.341 e. The maximum Gasteiger partial charge on any atom is 0.263 e. The number of hydrogen-bond acceptors (Lipinski definition) is 7. The smallest absolute Gasteiger partial charge is 0.263 e. The number of nitrogens with zero attached hydrogens (tertiary/aromatic N) is 3. The topological polar surface area (TPSA) is 89.3 Å². The summed E-state index contributed by atoms with van der Waals surface area (Å²) in [5.74, 6) is 0.0557. The Morgan fingerprint density at radius 3 is 2.73 bits per heavy atom. The zero-order valence-electron chi connectivity index (χ0n) is 16.6. The van der Waals surface area contributed by atoms with Gasteiger partial charge in [-0.15, -0.1) is 11.3 Å². The fourth-order valence-electron chi connectivity index (χ4n) is 3.52. The van der Waals surface area contributed by atoms with E-state index < -0.39 is 9.84 Å². The second-order valence-electron chi connectivity index (χ2n) is 7.30. The summed E-state index contributed by atoms with van der Waals surface area (Å²) in [6.45, 7) is 0. The van der Waals surface area contributed by atoms with Crippen molar-refractivity contribution in [3.63, 3.8) is 0 Å². The van der Waals surface area contributed by atoms with Gasteiger partial charge < -0.3 is 4.90 Å². The quantitative estimate of drug-likeness (QED) is 0.426. The summed E-state index contributed by atoms with van der Waals surface area (Å²) in [5.41, 5.74) is 1.68. The maximum atomic E-state index is 13.0. The van der Waals surface area contributed by atoms with Crippen LogP contribution in [0, 0.1) is 0 Å².